The van der Waals surface area contributed by atoms with E-state index in [4.69, 9.17) is 9.47 Å². The third kappa shape index (κ3) is 4.13. The molecule has 0 amide bonds. The molecule has 13 heavy (non-hydrogen) atoms. The van der Waals surface area contributed by atoms with Crippen molar-refractivity contribution in [3.63, 3.8) is 0 Å². The smallest absolute Gasteiger partial charge is 0.114 e. The summed E-state index contributed by atoms with van der Waals surface area (Å²) in [6.45, 7) is 4.22. The molecule has 1 unspecified atom stereocenters. The Morgan fingerprint density at radius 1 is 1.54 bits per heavy atom. The van der Waals surface area contributed by atoms with Gasteiger partial charge in [-0.1, -0.05) is 25.2 Å². The fourth-order valence-electron chi connectivity index (χ4n) is 1.35. The van der Waals surface area contributed by atoms with Gasteiger partial charge in [0.15, 0.2) is 0 Å². The van der Waals surface area contributed by atoms with Crippen molar-refractivity contribution in [1.29, 1.82) is 0 Å². The molecule has 1 aliphatic carbocycles. The van der Waals surface area contributed by atoms with Crippen molar-refractivity contribution in [3.05, 3.63) is 24.5 Å². The Labute approximate surface area is 80.2 Å². The lowest BCUT2D eigenvalue weighted by atomic mass is 10.2. The van der Waals surface area contributed by atoms with Crippen molar-refractivity contribution in [2.75, 3.05) is 13.7 Å². The molecule has 0 radical (unpaired) electrons. The maximum absolute atomic E-state index is 5.60. The second-order valence-electron chi connectivity index (χ2n) is 3.30. The molecule has 0 aromatic heterocycles. The molecule has 2 nitrogen and oxygen atoms in total. The Morgan fingerprint density at radius 3 is 3.15 bits per heavy atom. The standard InChI is InChI=1S/C11H18O2/c1-10(12-2)9-13-11-7-5-3-4-6-8-11/h5,7,11H,1,3-4,6,8-9H2,2H3. The normalized spacial score (nSPS) is 22.4. The van der Waals surface area contributed by atoms with E-state index in [9.17, 15) is 0 Å². The minimum absolute atomic E-state index is 0.259. The molecule has 0 heterocycles. The highest BCUT2D eigenvalue weighted by Crippen LogP contribution is 2.14. The van der Waals surface area contributed by atoms with E-state index in [1.807, 2.05) is 0 Å². The Balaban J connectivity index is 2.22. The fourth-order valence-corrected chi connectivity index (χ4v) is 1.35. The lowest BCUT2D eigenvalue weighted by Crippen LogP contribution is -2.11. The van der Waals surface area contributed by atoms with Crippen LogP contribution in [0.2, 0.25) is 0 Å². The van der Waals surface area contributed by atoms with Crippen LogP contribution < -0.4 is 0 Å². The summed E-state index contributed by atoms with van der Waals surface area (Å²) in [4.78, 5) is 0. The summed E-state index contributed by atoms with van der Waals surface area (Å²) in [5.74, 6) is 0.692. The first-order chi connectivity index (χ1) is 6.33. The molecular weight excluding hydrogens is 164 g/mol. The van der Waals surface area contributed by atoms with Crippen molar-refractivity contribution in [1.82, 2.24) is 0 Å². The Kier molecular flexibility index (Phi) is 4.61. The molecule has 0 saturated carbocycles. The van der Waals surface area contributed by atoms with Crippen molar-refractivity contribution in [3.8, 4) is 0 Å². The molecule has 0 aliphatic heterocycles. The van der Waals surface area contributed by atoms with Gasteiger partial charge in [-0.2, -0.15) is 0 Å². The predicted molar refractivity (Wildman–Crippen MR) is 53.5 cm³/mol. The lowest BCUT2D eigenvalue weighted by Gasteiger charge is -2.13. The summed E-state index contributed by atoms with van der Waals surface area (Å²) >= 11 is 0. The summed E-state index contributed by atoms with van der Waals surface area (Å²) in [7, 11) is 1.62. The third-order valence-corrected chi connectivity index (χ3v) is 2.21. The lowest BCUT2D eigenvalue weighted by molar-refractivity contribution is 0.0694. The van der Waals surface area contributed by atoms with E-state index >= 15 is 0 Å². The van der Waals surface area contributed by atoms with Gasteiger partial charge in [0.2, 0.25) is 0 Å². The largest absolute Gasteiger partial charge is 0.499 e. The first-order valence-corrected chi connectivity index (χ1v) is 4.83. The van der Waals surface area contributed by atoms with E-state index in [1.165, 1.54) is 19.3 Å². The molecule has 1 aliphatic rings. The molecule has 0 N–H and O–H groups in total. The Hall–Kier alpha value is -0.760. The zero-order chi connectivity index (χ0) is 9.52. The van der Waals surface area contributed by atoms with Crippen molar-refractivity contribution < 1.29 is 9.47 Å². The van der Waals surface area contributed by atoms with Gasteiger partial charge in [-0.3, -0.25) is 0 Å². The summed E-state index contributed by atoms with van der Waals surface area (Å²) in [5.41, 5.74) is 0. The summed E-state index contributed by atoms with van der Waals surface area (Å²) < 4.78 is 10.5. The number of rotatable bonds is 4. The average Bonchev–Trinajstić information content (AvgIpc) is 2.42. The number of methoxy groups -OCH3 is 1. The second-order valence-corrected chi connectivity index (χ2v) is 3.30. The molecule has 1 atom stereocenters. The SMILES string of the molecule is C=C(COC1C=CCCCC1)OC. The van der Waals surface area contributed by atoms with Crippen LogP contribution in [0.4, 0.5) is 0 Å². The van der Waals surface area contributed by atoms with Crippen LogP contribution in [0, 0.1) is 0 Å². The van der Waals surface area contributed by atoms with E-state index in [-0.39, 0.29) is 6.10 Å². The van der Waals surface area contributed by atoms with Gasteiger partial charge in [-0.15, -0.1) is 0 Å². The van der Waals surface area contributed by atoms with Gasteiger partial charge in [0, 0.05) is 0 Å². The van der Waals surface area contributed by atoms with Crippen molar-refractivity contribution in [2.45, 2.75) is 31.8 Å². The van der Waals surface area contributed by atoms with Gasteiger partial charge in [0.25, 0.3) is 0 Å². The highest BCUT2D eigenvalue weighted by molar-refractivity contribution is 4.93. The minimum atomic E-state index is 0.259. The monoisotopic (exact) mass is 182 g/mol. The van der Waals surface area contributed by atoms with Crippen LogP contribution >= 0.6 is 0 Å². The fraction of sp³-hybridized carbons (Fsp3) is 0.636. The summed E-state index contributed by atoms with van der Waals surface area (Å²) in [6.07, 6.45) is 9.44. The molecule has 0 saturated heterocycles. The molecular formula is C11H18O2. The van der Waals surface area contributed by atoms with E-state index in [2.05, 4.69) is 18.7 Å². The van der Waals surface area contributed by atoms with E-state index in [1.54, 1.807) is 7.11 Å². The maximum atomic E-state index is 5.60. The van der Waals surface area contributed by atoms with E-state index < -0.39 is 0 Å². The van der Waals surface area contributed by atoms with Gasteiger partial charge < -0.3 is 9.47 Å². The number of ether oxygens (including phenoxy) is 2. The summed E-state index contributed by atoms with van der Waals surface area (Å²) in [5, 5.41) is 0. The highest BCUT2D eigenvalue weighted by atomic mass is 16.5. The van der Waals surface area contributed by atoms with Gasteiger partial charge >= 0.3 is 0 Å². The van der Waals surface area contributed by atoms with Crippen molar-refractivity contribution in [2.24, 2.45) is 0 Å². The topological polar surface area (TPSA) is 18.5 Å². The van der Waals surface area contributed by atoms with Crippen LogP contribution in [0.1, 0.15) is 25.7 Å². The molecule has 0 aromatic rings. The third-order valence-electron chi connectivity index (χ3n) is 2.21. The second kappa shape index (κ2) is 5.81. The van der Waals surface area contributed by atoms with Crippen LogP contribution in [-0.4, -0.2) is 19.8 Å². The maximum Gasteiger partial charge on any atom is 0.114 e. The summed E-state index contributed by atoms with van der Waals surface area (Å²) in [6, 6.07) is 0. The quantitative estimate of drug-likeness (QED) is 0.491. The Morgan fingerprint density at radius 2 is 2.38 bits per heavy atom. The first kappa shape index (κ1) is 10.3. The van der Waals surface area contributed by atoms with Crippen LogP contribution in [-0.2, 0) is 9.47 Å². The van der Waals surface area contributed by atoms with Crippen LogP contribution in [0.15, 0.2) is 24.5 Å². The molecule has 0 spiro atoms. The first-order valence-electron chi connectivity index (χ1n) is 4.83. The molecule has 2 heteroatoms. The Bertz CT molecular complexity index is 185. The average molecular weight is 182 g/mol. The van der Waals surface area contributed by atoms with Gasteiger partial charge in [-0.25, -0.2) is 0 Å². The number of allylic oxidation sites excluding steroid dienone is 1. The van der Waals surface area contributed by atoms with Gasteiger partial charge in [0.05, 0.1) is 13.2 Å². The molecule has 0 bridgehead atoms. The van der Waals surface area contributed by atoms with Gasteiger partial charge in [-0.05, 0) is 19.3 Å². The zero-order valence-electron chi connectivity index (χ0n) is 8.29. The predicted octanol–water partition coefficient (Wildman–Crippen LogP) is 2.66. The molecule has 0 aromatic carbocycles. The van der Waals surface area contributed by atoms with Gasteiger partial charge in [0.1, 0.15) is 12.4 Å². The number of hydrogen-bond donors (Lipinski definition) is 0. The van der Waals surface area contributed by atoms with Crippen LogP contribution in [0.5, 0.6) is 0 Å². The van der Waals surface area contributed by atoms with Crippen LogP contribution in [0.3, 0.4) is 0 Å². The zero-order valence-corrected chi connectivity index (χ0v) is 8.29. The number of hydrogen-bond acceptors (Lipinski definition) is 2. The molecule has 74 valence electrons. The van der Waals surface area contributed by atoms with Crippen molar-refractivity contribution >= 4 is 0 Å². The molecule has 0 fully saturated rings. The van der Waals surface area contributed by atoms with E-state index in [0.29, 0.717) is 12.4 Å². The van der Waals surface area contributed by atoms with Crippen LogP contribution in [0.25, 0.3) is 0 Å². The molecule has 1 rings (SSSR count). The van der Waals surface area contributed by atoms with E-state index in [0.717, 1.165) is 6.42 Å². The highest BCUT2D eigenvalue weighted by Gasteiger charge is 2.07. The minimum Gasteiger partial charge on any atom is -0.499 e.